The first-order chi connectivity index (χ1) is 13.1. The maximum atomic E-state index is 12.1. The standard InChI is InChI=1S/C19H26N4O3S/c1-5-23(6-2)18(24)12-26-16-9-8-15(10-17(16)25-7-3)11-20-22-19-21-14(4)13-27-19/h8-11,13H,5-7,12H2,1-4H3,(H,21,22)/b20-11-. The van der Waals surface area contributed by atoms with Crippen molar-refractivity contribution in [2.45, 2.75) is 27.7 Å². The van der Waals surface area contributed by atoms with Gasteiger partial charge in [-0.25, -0.2) is 4.98 Å². The summed E-state index contributed by atoms with van der Waals surface area (Å²) < 4.78 is 11.3. The Morgan fingerprint density at radius 2 is 2.04 bits per heavy atom. The number of likely N-dealkylation sites (N-methyl/N-ethyl adjacent to an activating group) is 1. The molecule has 8 heteroatoms. The van der Waals surface area contributed by atoms with Crippen molar-refractivity contribution in [3.63, 3.8) is 0 Å². The number of benzene rings is 1. The number of thiazole rings is 1. The predicted octanol–water partition coefficient (Wildman–Crippen LogP) is 3.54. The molecular formula is C19H26N4O3S. The highest BCUT2D eigenvalue weighted by Crippen LogP contribution is 2.28. The lowest BCUT2D eigenvalue weighted by molar-refractivity contribution is -0.132. The van der Waals surface area contributed by atoms with Gasteiger partial charge >= 0.3 is 0 Å². The summed E-state index contributed by atoms with van der Waals surface area (Å²) in [6, 6.07) is 5.48. The van der Waals surface area contributed by atoms with Gasteiger partial charge in [0, 0.05) is 18.5 Å². The van der Waals surface area contributed by atoms with Crippen molar-refractivity contribution in [1.29, 1.82) is 0 Å². The normalized spacial score (nSPS) is 10.8. The Hall–Kier alpha value is -2.61. The first-order valence-electron chi connectivity index (χ1n) is 8.95. The summed E-state index contributed by atoms with van der Waals surface area (Å²) in [5, 5.41) is 6.89. The molecule has 0 saturated carbocycles. The van der Waals surface area contributed by atoms with Crippen molar-refractivity contribution in [3.8, 4) is 11.5 Å². The lowest BCUT2D eigenvalue weighted by Gasteiger charge is -2.19. The zero-order valence-corrected chi connectivity index (χ0v) is 17.0. The number of nitrogens with zero attached hydrogens (tertiary/aromatic N) is 3. The Bertz CT molecular complexity index is 772. The number of amides is 1. The van der Waals surface area contributed by atoms with Crippen molar-refractivity contribution in [3.05, 3.63) is 34.8 Å². The van der Waals surface area contributed by atoms with Crippen LogP contribution in [0.5, 0.6) is 11.5 Å². The zero-order chi connectivity index (χ0) is 19.6. The highest BCUT2D eigenvalue weighted by Gasteiger charge is 2.12. The topological polar surface area (TPSA) is 76.0 Å². The number of hydrogen-bond donors (Lipinski definition) is 1. The van der Waals surface area contributed by atoms with Crippen LogP contribution in [0.2, 0.25) is 0 Å². The summed E-state index contributed by atoms with van der Waals surface area (Å²) in [5.41, 5.74) is 4.70. The number of carbonyl (C=O) groups is 1. The third kappa shape index (κ3) is 6.25. The van der Waals surface area contributed by atoms with Gasteiger partial charge in [0.05, 0.1) is 18.5 Å². The van der Waals surface area contributed by atoms with Gasteiger partial charge in [-0.05, 0) is 51.5 Å². The third-order valence-electron chi connectivity index (χ3n) is 3.73. The van der Waals surface area contributed by atoms with E-state index in [1.54, 1.807) is 17.2 Å². The van der Waals surface area contributed by atoms with Gasteiger partial charge in [0.15, 0.2) is 18.1 Å². The summed E-state index contributed by atoms with van der Waals surface area (Å²) >= 11 is 1.50. The largest absolute Gasteiger partial charge is 0.490 e. The van der Waals surface area contributed by atoms with E-state index in [1.807, 2.05) is 45.2 Å². The maximum absolute atomic E-state index is 12.1. The summed E-state index contributed by atoms with van der Waals surface area (Å²) in [6.07, 6.45) is 1.68. The van der Waals surface area contributed by atoms with Crippen molar-refractivity contribution < 1.29 is 14.3 Å². The molecule has 1 amide bonds. The molecule has 1 N–H and O–H groups in total. The van der Waals surface area contributed by atoms with Gasteiger partial charge in [-0.1, -0.05) is 0 Å². The molecule has 7 nitrogen and oxygen atoms in total. The molecule has 0 atom stereocenters. The van der Waals surface area contributed by atoms with Gasteiger partial charge in [-0.2, -0.15) is 5.10 Å². The Morgan fingerprint density at radius 3 is 2.67 bits per heavy atom. The molecule has 0 bridgehead atoms. The van der Waals surface area contributed by atoms with E-state index in [0.717, 1.165) is 16.4 Å². The van der Waals surface area contributed by atoms with E-state index in [1.165, 1.54) is 11.3 Å². The maximum Gasteiger partial charge on any atom is 0.260 e. The quantitative estimate of drug-likeness (QED) is 0.496. The average molecular weight is 391 g/mol. The minimum atomic E-state index is -0.0453. The molecule has 146 valence electrons. The first-order valence-corrected chi connectivity index (χ1v) is 9.83. The second-order valence-electron chi connectivity index (χ2n) is 5.66. The zero-order valence-electron chi connectivity index (χ0n) is 16.2. The number of nitrogens with one attached hydrogen (secondary N) is 1. The number of hydrazone groups is 1. The lowest BCUT2D eigenvalue weighted by atomic mass is 10.2. The lowest BCUT2D eigenvalue weighted by Crippen LogP contribution is -2.34. The van der Waals surface area contributed by atoms with E-state index in [-0.39, 0.29) is 12.5 Å². The van der Waals surface area contributed by atoms with Crippen LogP contribution in [0.3, 0.4) is 0 Å². The van der Waals surface area contributed by atoms with Crippen LogP contribution >= 0.6 is 11.3 Å². The van der Waals surface area contributed by atoms with Crippen LogP contribution in [0, 0.1) is 6.92 Å². The van der Waals surface area contributed by atoms with Crippen molar-refractivity contribution in [1.82, 2.24) is 9.88 Å². The fourth-order valence-corrected chi connectivity index (χ4v) is 3.00. The van der Waals surface area contributed by atoms with Crippen LogP contribution in [0.25, 0.3) is 0 Å². The summed E-state index contributed by atoms with van der Waals surface area (Å²) in [6.45, 7) is 9.54. The van der Waals surface area contributed by atoms with Crippen molar-refractivity contribution in [2.24, 2.45) is 5.10 Å². The van der Waals surface area contributed by atoms with E-state index in [2.05, 4.69) is 15.5 Å². The van der Waals surface area contributed by atoms with Gasteiger partial charge in [-0.15, -0.1) is 11.3 Å². The van der Waals surface area contributed by atoms with E-state index >= 15 is 0 Å². The number of hydrogen-bond acceptors (Lipinski definition) is 7. The summed E-state index contributed by atoms with van der Waals surface area (Å²) in [5.74, 6) is 1.08. The van der Waals surface area contributed by atoms with Crippen LogP contribution in [0.1, 0.15) is 32.0 Å². The van der Waals surface area contributed by atoms with E-state index in [4.69, 9.17) is 9.47 Å². The number of anilines is 1. The molecule has 0 fully saturated rings. The van der Waals surface area contributed by atoms with Crippen molar-refractivity contribution >= 4 is 28.6 Å². The Balaban J connectivity index is 2.03. The highest BCUT2D eigenvalue weighted by atomic mass is 32.1. The number of aromatic nitrogens is 1. The molecule has 0 unspecified atom stereocenters. The predicted molar refractivity (Wildman–Crippen MR) is 109 cm³/mol. The fourth-order valence-electron chi connectivity index (χ4n) is 2.37. The molecule has 0 saturated heterocycles. The average Bonchev–Trinajstić information content (AvgIpc) is 3.07. The summed E-state index contributed by atoms with van der Waals surface area (Å²) in [7, 11) is 0. The number of carbonyl (C=O) groups excluding carboxylic acids is 1. The molecule has 0 radical (unpaired) electrons. The molecule has 2 rings (SSSR count). The molecule has 1 heterocycles. The minimum absolute atomic E-state index is 0.0137. The van der Waals surface area contributed by atoms with Gasteiger partial charge in [-0.3, -0.25) is 10.2 Å². The molecule has 0 aliphatic heterocycles. The molecular weight excluding hydrogens is 364 g/mol. The number of aryl methyl sites for hydroxylation is 1. The monoisotopic (exact) mass is 390 g/mol. The first kappa shape index (κ1) is 20.7. The Kier molecular flexibility index (Phi) is 8.06. The number of ether oxygens (including phenoxy) is 2. The molecule has 0 spiro atoms. The fraction of sp³-hybridized carbons (Fsp3) is 0.421. The van der Waals surface area contributed by atoms with E-state index in [0.29, 0.717) is 31.2 Å². The van der Waals surface area contributed by atoms with Crippen LogP contribution in [-0.4, -0.2) is 48.3 Å². The Labute approximate surface area is 164 Å². The van der Waals surface area contributed by atoms with Crippen LogP contribution < -0.4 is 14.9 Å². The number of rotatable bonds is 10. The second kappa shape index (κ2) is 10.5. The van der Waals surface area contributed by atoms with Crippen LogP contribution in [0.15, 0.2) is 28.7 Å². The molecule has 1 aromatic carbocycles. The molecule has 2 aromatic rings. The SMILES string of the molecule is CCOc1cc(/C=N\Nc2nc(C)cs2)ccc1OCC(=O)N(CC)CC. The van der Waals surface area contributed by atoms with Crippen LogP contribution in [-0.2, 0) is 4.79 Å². The van der Waals surface area contributed by atoms with Gasteiger partial charge in [0.25, 0.3) is 5.91 Å². The van der Waals surface area contributed by atoms with E-state index in [9.17, 15) is 4.79 Å². The molecule has 1 aromatic heterocycles. The van der Waals surface area contributed by atoms with Gasteiger partial charge in [0.1, 0.15) is 0 Å². The van der Waals surface area contributed by atoms with Crippen LogP contribution in [0.4, 0.5) is 5.13 Å². The third-order valence-corrected chi connectivity index (χ3v) is 4.59. The van der Waals surface area contributed by atoms with E-state index < -0.39 is 0 Å². The summed E-state index contributed by atoms with van der Waals surface area (Å²) in [4.78, 5) is 18.1. The smallest absolute Gasteiger partial charge is 0.260 e. The second-order valence-corrected chi connectivity index (χ2v) is 6.52. The van der Waals surface area contributed by atoms with Crippen molar-refractivity contribution in [2.75, 3.05) is 31.7 Å². The molecule has 0 aliphatic carbocycles. The Morgan fingerprint density at radius 1 is 1.26 bits per heavy atom. The minimum Gasteiger partial charge on any atom is -0.490 e. The van der Waals surface area contributed by atoms with Gasteiger partial charge in [0.2, 0.25) is 5.13 Å². The highest BCUT2D eigenvalue weighted by molar-refractivity contribution is 7.13. The van der Waals surface area contributed by atoms with Gasteiger partial charge < -0.3 is 14.4 Å². The molecule has 27 heavy (non-hydrogen) atoms. The molecule has 0 aliphatic rings.